The second-order valence-corrected chi connectivity index (χ2v) is 3.10. The Morgan fingerprint density at radius 3 is 2.73 bits per heavy atom. The zero-order chi connectivity index (χ0) is 11.3. The molecule has 4 N–H and O–H groups in total. The van der Waals surface area contributed by atoms with Gasteiger partial charge in [0.1, 0.15) is 5.75 Å². The molecule has 0 saturated heterocycles. The molecule has 0 saturated carbocycles. The molecule has 0 aromatic heterocycles. The van der Waals surface area contributed by atoms with Gasteiger partial charge in [0.15, 0.2) is 0 Å². The lowest BCUT2D eigenvalue weighted by Crippen LogP contribution is -2.36. The number of nitrogens with two attached hydrogens (primary N) is 1. The van der Waals surface area contributed by atoms with Crippen molar-refractivity contribution in [2.45, 2.75) is 0 Å². The van der Waals surface area contributed by atoms with Gasteiger partial charge in [-0.05, 0) is 18.2 Å². The normalized spacial score (nSPS) is 11.1. The highest BCUT2D eigenvalue weighted by Gasteiger charge is 2.02. The van der Waals surface area contributed by atoms with Crippen LogP contribution in [0, 0.1) is 0 Å². The van der Waals surface area contributed by atoms with Crippen LogP contribution in [0.25, 0.3) is 0 Å². The molecule has 1 aromatic carbocycles. The Morgan fingerprint density at radius 2 is 2.27 bits per heavy atom. The molecule has 0 fully saturated rings. The lowest BCUT2D eigenvalue weighted by Gasteiger charge is -2.09. The van der Waals surface area contributed by atoms with Crippen molar-refractivity contribution in [3.63, 3.8) is 0 Å². The molecule has 0 atom stereocenters. The number of methoxy groups -OCH3 is 1. The summed E-state index contributed by atoms with van der Waals surface area (Å²) in [5.41, 5.74) is 3.19. The van der Waals surface area contributed by atoms with Gasteiger partial charge in [0.05, 0.1) is 12.1 Å². The van der Waals surface area contributed by atoms with Crippen LogP contribution in [-0.4, -0.2) is 20.1 Å². The van der Waals surface area contributed by atoms with Gasteiger partial charge in [0.2, 0.25) is 5.96 Å². The Balaban J connectivity index is 2.84. The summed E-state index contributed by atoms with van der Waals surface area (Å²) in [5.74, 6) is 6.30. The topological polar surface area (TPSA) is 71.7 Å². The number of hydrazine groups is 1. The number of guanidine groups is 1. The Morgan fingerprint density at radius 1 is 1.53 bits per heavy atom. The van der Waals surface area contributed by atoms with E-state index in [1.54, 1.807) is 26.3 Å². The summed E-state index contributed by atoms with van der Waals surface area (Å²) in [7, 11) is 3.18. The van der Waals surface area contributed by atoms with Crippen molar-refractivity contribution < 1.29 is 4.74 Å². The van der Waals surface area contributed by atoms with Crippen molar-refractivity contribution in [3.8, 4) is 5.75 Å². The first-order valence-electron chi connectivity index (χ1n) is 4.25. The molecule has 15 heavy (non-hydrogen) atoms. The zero-order valence-corrected chi connectivity index (χ0v) is 9.30. The number of hydrogen-bond donors (Lipinski definition) is 3. The summed E-state index contributed by atoms with van der Waals surface area (Å²) in [6.45, 7) is 0. The van der Waals surface area contributed by atoms with Crippen LogP contribution < -0.4 is 21.3 Å². The summed E-state index contributed by atoms with van der Waals surface area (Å²) in [4.78, 5) is 3.87. The molecule has 82 valence electrons. The number of halogens is 1. The van der Waals surface area contributed by atoms with Crippen molar-refractivity contribution >= 4 is 23.2 Å². The summed E-state index contributed by atoms with van der Waals surface area (Å²) in [5, 5.41) is 3.47. The van der Waals surface area contributed by atoms with Crippen molar-refractivity contribution in [1.82, 2.24) is 5.43 Å². The minimum absolute atomic E-state index is 0.455. The first-order chi connectivity index (χ1) is 7.21. The van der Waals surface area contributed by atoms with Gasteiger partial charge in [-0.3, -0.25) is 10.4 Å². The number of nitrogens with zero attached hydrogens (tertiary/aromatic N) is 1. The van der Waals surface area contributed by atoms with Crippen LogP contribution in [0.5, 0.6) is 5.75 Å². The van der Waals surface area contributed by atoms with E-state index in [1.807, 2.05) is 6.07 Å². The van der Waals surface area contributed by atoms with E-state index in [0.29, 0.717) is 16.7 Å². The monoisotopic (exact) mass is 228 g/mol. The maximum absolute atomic E-state index is 5.94. The van der Waals surface area contributed by atoms with Crippen LogP contribution in [0.15, 0.2) is 23.2 Å². The lowest BCUT2D eigenvalue weighted by molar-refractivity contribution is 0.415. The third-order valence-electron chi connectivity index (χ3n) is 1.77. The van der Waals surface area contributed by atoms with Crippen LogP contribution in [0.4, 0.5) is 5.69 Å². The van der Waals surface area contributed by atoms with E-state index < -0.39 is 0 Å². The molecule has 0 unspecified atom stereocenters. The molecule has 6 heteroatoms. The van der Waals surface area contributed by atoms with E-state index in [9.17, 15) is 0 Å². The number of anilines is 1. The maximum Gasteiger partial charge on any atom is 0.209 e. The van der Waals surface area contributed by atoms with Gasteiger partial charge in [0.25, 0.3) is 0 Å². The van der Waals surface area contributed by atoms with Crippen molar-refractivity contribution in [2.24, 2.45) is 10.8 Å². The minimum Gasteiger partial charge on any atom is -0.495 e. The Kier molecular flexibility index (Phi) is 4.20. The molecular weight excluding hydrogens is 216 g/mol. The van der Waals surface area contributed by atoms with E-state index >= 15 is 0 Å². The third kappa shape index (κ3) is 3.00. The van der Waals surface area contributed by atoms with Gasteiger partial charge in [-0.1, -0.05) is 11.6 Å². The lowest BCUT2D eigenvalue weighted by atomic mass is 10.3. The predicted molar refractivity (Wildman–Crippen MR) is 62.3 cm³/mol. The van der Waals surface area contributed by atoms with E-state index in [1.165, 1.54) is 0 Å². The predicted octanol–water partition coefficient (Wildman–Crippen LogP) is 1.21. The van der Waals surface area contributed by atoms with Gasteiger partial charge in [-0.25, -0.2) is 5.84 Å². The van der Waals surface area contributed by atoms with Crippen molar-refractivity contribution in [3.05, 3.63) is 23.2 Å². The largest absolute Gasteiger partial charge is 0.495 e. The second-order valence-electron chi connectivity index (χ2n) is 2.69. The summed E-state index contributed by atoms with van der Waals surface area (Å²) >= 11 is 5.94. The number of aliphatic imine (C=N–C) groups is 1. The van der Waals surface area contributed by atoms with Crippen LogP contribution in [0.1, 0.15) is 0 Å². The summed E-state index contributed by atoms with van der Waals surface area (Å²) in [6.07, 6.45) is 0. The molecule has 1 aromatic rings. The average Bonchev–Trinajstić information content (AvgIpc) is 2.26. The summed E-state index contributed by atoms with van der Waals surface area (Å²) < 4.78 is 5.03. The first-order valence-corrected chi connectivity index (χ1v) is 4.63. The second kappa shape index (κ2) is 5.43. The Hall–Kier alpha value is -1.46. The summed E-state index contributed by atoms with van der Waals surface area (Å²) in [6, 6.07) is 5.30. The van der Waals surface area contributed by atoms with Crippen LogP contribution in [0.3, 0.4) is 0 Å². The molecule has 0 aliphatic carbocycles. The van der Waals surface area contributed by atoms with Crippen LogP contribution >= 0.6 is 11.6 Å². The minimum atomic E-state index is 0.455. The number of benzene rings is 1. The number of hydrogen-bond acceptors (Lipinski definition) is 3. The van der Waals surface area contributed by atoms with Crippen molar-refractivity contribution in [2.75, 3.05) is 19.5 Å². The molecule has 0 radical (unpaired) electrons. The molecule has 0 spiro atoms. The first kappa shape index (κ1) is 11.6. The molecule has 0 heterocycles. The van der Waals surface area contributed by atoms with Crippen LogP contribution in [0.2, 0.25) is 5.02 Å². The highest BCUT2D eigenvalue weighted by atomic mass is 35.5. The highest BCUT2D eigenvalue weighted by Crippen LogP contribution is 2.26. The molecule has 0 aliphatic heterocycles. The smallest absolute Gasteiger partial charge is 0.209 e. The average molecular weight is 229 g/mol. The molecule has 0 amide bonds. The van der Waals surface area contributed by atoms with Gasteiger partial charge in [-0.2, -0.15) is 0 Å². The standard InChI is InChI=1S/C9H13ClN4O/c1-12-9(14-11)13-6-3-4-8(15-2)7(10)5-6/h3-5H,11H2,1-2H3,(H2,12,13,14). The molecule has 5 nitrogen and oxygen atoms in total. The number of ether oxygens (including phenoxy) is 1. The van der Waals surface area contributed by atoms with E-state index in [0.717, 1.165) is 5.69 Å². The van der Waals surface area contributed by atoms with Crippen molar-refractivity contribution in [1.29, 1.82) is 0 Å². The SMILES string of the molecule is CN=C(NN)Nc1ccc(OC)c(Cl)c1. The third-order valence-corrected chi connectivity index (χ3v) is 2.07. The number of nitrogens with one attached hydrogen (secondary N) is 2. The van der Waals surface area contributed by atoms with Gasteiger partial charge >= 0.3 is 0 Å². The number of rotatable bonds is 2. The van der Waals surface area contributed by atoms with Gasteiger partial charge in [0, 0.05) is 12.7 Å². The van der Waals surface area contributed by atoms with E-state index in [4.69, 9.17) is 22.2 Å². The maximum atomic E-state index is 5.94. The fourth-order valence-corrected chi connectivity index (χ4v) is 1.30. The quantitative estimate of drug-likeness (QED) is 0.308. The van der Waals surface area contributed by atoms with Gasteiger partial charge in [-0.15, -0.1) is 0 Å². The molecule has 0 bridgehead atoms. The highest BCUT2D eigenvalue weighted by molar-refractivity contribution is 6.32. The van der Waals surface area contributed by atoms with E-state index in [2.05, 4.69) is 15.7 Å². The van der Waals surface area contributed by atoms with Gasteiger partial charge < -0.3 is 10.1 Å². The molecule has 0 aliphatic rings. The van der Waals surface area contributed by atoms with E-state index in [-0.39, 0.29) is 0 Å². The van der Waals surface area contributed by atoms with Crippen LogP contribution in [-0.2, 0) is 0 Å². The fraction of sp³-hybridized carbons (Fsp3) is 0.222. The molecular formula is C9H13ClN4O. The zero-order valence-electron chi connectivity index (χ0n) is 8.54. The molecule has 1 rings (SSSR count). The Bertz CT molecular complexity index is 367. The Labute approximate surface area is 93.2 Å². The fourth-order valence-electron chi connectivity index (χ4n) is 1.04.